The number of aromatic nitrogens is 1. The topological polar surface area (TPSA) is 68.2 Å². The van der Waals surface area contributed by atoms with E-state index in [1.54, 1.807) is 6.07 Å². The molecule has 18 heavy (non-hydrogen) atoms. The lowest BCUT2D eigenvalue weighted by atomic mass is 10.2. The summed E-state index contributed by atoms with van der Waals surface area (Å²) in [4.78, 5) is 6.20. The predicted octanol–water partition coefficient (Wildman–Crippen LogP) is 2.54. The summed E-state index contributed by atoms with van der Waals surface area (Å²) in [5, 5.41) is 0.743. The molecule has 2 rings (SSSR count). The monoisotopic (exact) mass is 262 g/mol. The van der Waals surface area contributed by atoms with E-state index in [-0.39, 0.29) is 0 Å². The third-order valence-electron chi connectivity index (χ3n) is 2.70. The predicted molar refractivity (Wildman–Crippen MR) is 76.6 cm³/mol. The SMILES string of the molecule is CN(Cc1ccccc1Cl)c1ccc(N)c(N)n1. The Kier molecular flexibility index (Phi) is 3.58. The van der Waals surface area contributed by atoms with Gasteiger partial charge in [0.1, 0.15) is 11.6 Å². The first-order valence-corrected chi connectivity index (χ1v) is 5.92. The van der Waals surface area contributed by atoms with Crippen molar-refractivity contribution in [3.05, 3.63) is 47.0 Å². The molecule has 0 aliphatic heterocycles. The van der Waals surface area contributed by atoms with Crippen molar-refractivity contribution in [1.82, 2.24) is 4.98 Å². The van der Waals surface area contributed by atoms with Crippen LogP contribution in [0.4, 0.5) is 17.3 Å². The van der Waals surface area contributed by atoms with Crippen LogP contribution in [0.3, 0.4) is 0 Å². The summed E-state index contributed by atoms with van der Waals surface area (Å²) in [6.45, 7) is 0.663. The Bertz CT molecular complexity index is 556. The Labute approximate surface area is 111 Å². The van der Waals surface area contributed by atoms with Crippen molar-refractivity contribution in [2.45, 2.75) is 6.54 Å². The molecule has 0 aliphatic rings. The highest BCUT2D eigenvalue weighted by Gasteiger charge is 2.07. The van der Waals surface area contributed by atoms with Crippen LogP contribution in [-0.4, -0.2) is 12.0 Å². The first kappa shape index (κ1) is 12.5. The van der Waals surface area contributed by atoms with E-state index in [0.717, 1.165) is 16.4 Å². The highest BCUT2D eigenvalue weighted by atomic mass is 35.5. The second-order valence-electron chi connectivity index (χ2n) is 4.09. The van der Waals surface area contributed by atoms with E-state index in [2.05, 4.69) is 4.98 Å². The summed E-state index contributed by atoms with van der Waals surface area (Å²) >= 11 is 6.12. The fourth-order valence-electron chi connectivity index (χ4n) is 1.65. The first-order valence-electron chi connectivity index (χ1n) is 5.54. The maximum absolute atomic E-state index is 6.12. The number of hydrogen-bond donors (Lipinski definition) is 2. The molecule has 0 spiro atoms. The zero-order chi connectivity index (χ0) is 13.1. The van der Waals surface area contributed by atoms with E-state index in [0.29, 0.717) is 18.1 Å². The van der Waals surface area contributed by atoms with Gasteiger partial charge in [0, 0.05) is 18.6 Å². The average Bonchev–Trinajstić information content (AvgIpc) is 2.35. The third-order valence-corrected chi connectivity index (χ3v) is 3.07. The lowest BCUT2D eigenvalue weighted by Crippen LogP contribution is -2.18. The lowest BCUT2D eigenvalue weighted by Gasteiger charge is -2.19. The molecule has 0 saturated heterocycles. The van der Waals surface area contributed by atoms with Gasteiger partial charge in [-0.05, 0) is 23.8 Å². The molecule has 0 amide bonds. The van der Waals surface area contributed by atoms with Gasteiger partial charge in [-0.2, -0.15) is 0 Å². The number of nitrogen functional groups attached to an aromatic ring is 2. The van der Waals surface area contributed by atoms with Crippen molar-refractivity contribution >= 4 is 28.9 Å². The quantitative estimate of drug-likeness (QED) is 0.892. The van der Waals surface area contributed by atoms with Gasteiger partial charge in [0.25, 0.3) is 0 Å². The Morgan fingerprint density at radius 1 is 1.17 bits per heavy atom. The van der Waals surface area contributed by atoms with Crippen LogP contribution in [0.2, 0.25) is 5.02 Å². The van der Waals surface area contributed by atoms with E-state index < -0.39 is 0 Å². The van der Waals surface area contributed by atoms with E-state index in [1.807, 2.05) is 42.3 Å². The maximum Gasteiger partial charge on any atom is 0.149 e. The molecule has 4 nitrogen and oxygen atoms in total. The van der Waals surface area contributed by atoms with Crippen LogP contribution in [0.15, 0.2) is 36.4 Å². The molecule has 0 bridgehead atoms. The molecule has 4 N–H and O–H groups in total. The van der Waals surface area contributed by atoms with Crippen molar-refractivity contribution < 1.29 is 0 Å². The molecule has 1 aromatic heterocycles. The van der Waals surface area contributed by atoms with Crippen LogP contribution in [0, 0.1) is 0 Å². The second-order valence-corrected chi connectivity index (χ2v) is 4.50. The summed E-state index contributed by atoms with van der Waals surface area (Å²) in [7, 11) is 1.93. The molecule has 0 atom stereocenters. The molecular weight excluding hydrogens is 248 g/mol. The normalized spacial score (nSPS) is 10.3. The summed E-state index contributed by atoms with van der Waals surface area (Å²) in [6.07, 6.45) is 0. The molecule has 0 unspecified atom stereocenters. The fraction of sp³-hybridized carbons (Fsp3) is 0.154. The van der Waals surface area contributed by atoms with E-state index in [9.17, 15) is 0 Å². The molecule has 0 saturated carbocycles. The van der Waals surface area contributed by atoms with Crippen LogP contribution >= 0.6 is 11.6 Å². The van der Waals surface area contributed by atoms with Crippen LogP contribution in [0.1, 0.15) is 5.56 Å². The first-order chi connectivity index (χ1) is 8.58. The van der Waals surface area contributed by atoms with Crippen LogP contribution in [0.25, 0.3) is 0 Å². The molecule has 0 aliphatic carbocycles. The summed E-state index contributed by atoms with van der Waals surface area (Å²) in [5.74, 6) is 1.11. The van der Waals surface area contributed by atoms with Crippen molar-refractivity contribution in [2.75, 3.05) is 23.4 Å². The highest BCUT2D eigenvalue weighted by molar-refractivity contribution is 6.31. The standard InChI is InChI=1S/C13H15ClN4/c1-18(8-9-4-2-3-5-10(9)14)12-7-6-11(15)13(16)17-12/h2-7H,8,15H2,1H3,(H2,16,17). The molecule has 1 aromatic carbocycles. The molecule has 2 aromatic rings. The number of hydrogen-bond acceptors (Lipinski definition) is 4. The summed E-state index contributed by atoms with van der Waals surface area (Å²) in [6, 6.07) is 11.3. The van der Waals surface area contributed by atoms with E-state index in [1.165, 1.54) is 0 Å². The van der Waals surface area contributed by atoms with E-state index >= 15 is 0 Å². The molecule has 1 heterocycles. The lowest BCUT2D eigenvalue weighted by molar-refractivity contribution is 0.900. The smallest absolute Gasteiger partial charge is 0.149 e. The van der Waals surface area contributed by atoms with Crippen molar-refractivity contribution in [3.8, 4) is 0 Å². The van der Waals surface area contributed by atoms with Crippen LogP contribution < -0.4 is 16.4 Å². The van der Waals surface area contributed by atoms with Crippen molar-refractivity contribution in [1.29, 1.82) is 0 Å². The summed E-state index contributed by atoms with van der Waals surface area (Å²) in [5.41, 5.74) is 12.9. The molecular formula is C13H15ClN4. The second kappa shape index (κ2) is 5.14. The minimum Gasteiger partial charge on any atom is -0.396 e. The number of rotatable bonds is 3. The largest absolute Gasteiger partial charge is 0.396 e. The van der Waals surface area contributed by atoms with Gasteiger partial charge < -0.3 is 16.4 Å². The van der Waals surface area contributed by atoms with Gasteiger partial charge in [0.2, 0.25) is 0 Å². The zero-order valence-electron chi connectivity index (χ0n) is 10.1. The minimum atomic E-state index is 0.346. The van der Waals surface area contributed by atoms with Gasteiger partial charge in [0.05, 0.1) is 5.69 Å². The minimum absolute atomic E-state index is 0.346. The Hall–Kier alpha value is -1.94. The number of pyridine rings is 1. The Morgan fingerprint density at radius 3 is 2.56 bits per heavy atom. The number of nitrogens with two attached hydrogens (primary N) is 2. The van der Waals surface area contributed by atoms with Gasteiger partial charge in [0.15, 0.2) is 0 Å². The van der Waals surface area contributed by atoms with E-state index in [4.69, 9.17) is 23.1 Å². The number of halogens is 1. The van der Waals surface area contributed by atoms with Gasteiger partial charge >= 0.3 is 0 Å². The third kappa shape index (κ3) is 2.65. The van der Waals surface area contributed by atoms with Crippen LogP contribution in [0.5, 0.6) is 0 Å². The number of benzene rings is 1. The fourth-order valence-corrected chi connectivity index (χ4v) is 1.85. The Balaban J connectivity index is 2.19. The molecule has 0 fully saturated rings. The molecule has 0 radical (unpaired) electrons. The van der Waals surface area contributed by atoms with Crippen molar-refractivity contribution in [3.63, 3.8) is 0 Å². The van der Waals surface area contributed by atoms with Gasteiger partial charge in [-0.3, -0.25) is 0 Å². The number of anilines is 3. The number of nitrogens with zero attached hydrogens (tertiary/aromatic N) is 2. The van der Waals surface area contributed by atoms with Gasteiger partial charge in [-0.1, -0.05) is 29.8 Å². The molecule has 5 heteroatoms. The average molecular weight is 263 g/mol. The van der Waals surface area contributed by atoms with Gasteiger partial charge in [-0.25, -0.2) is 4.98 Å². The highest BCUT2D eigenvalue weighted by Crippen LogP contribution is 2.21. The maximum atomic E-state index is 6.12. The van der Waals surface area contributed by atoms with Crippen LogP contribution in [-0.2, 0) is 6.54 Å². The zero-order valence-corrected chi connectivity index (χ0v) is 10.9. The van der Waals surface area contributed by atoms with Gasteiger partial charge in [-0.15, -0.1) is 0 Å². The molecule has 94 valence electrons. The Morgan fingerprint density at radius 2 is 1.89 bits per heavy atom. The summed E-state index contributed by atoms with van der Waals surface area (Å²) < 4.78 is 0. The van der Waals surface area contributed by atoms with Crippen molar-refractivity contribution in [2.24, 2.45) is 0 Å².